The Balaban J connectivity index is 1.37. The van der Waals surface area contributed by atoms with E-state index in [-0.39, 0.29) is 0 Å². The smallest absolute Gasteiger partial charge is 0.0608 e. The van der Waals surface area contributed by atoms with Gasteiger partial charge in [0, 0.05) is 32.7 Å². The molecule has 3 aromatic carbocycles. The number of nitrogens with zero attached hydrogens (tertiary/aromatic N) is 2. The van der Waals surface area contributed by atoms with Crippen molar-refractivity contribution in [2.45, 2.75) is 32.4 Å². The lowest BCUT2D eigenvalue weighted by molar-refractivity contribution is 0.104. The van der Waals surface area contributed by atoms with Gasteiger partial charge in [0.15, 0.2) is 0 Å². The number of piperazine rings is 1. The zero-order chi connectivity index (χ0) is 19.6. The van der Waals surface area contributed by atoms with Gasteiger partial charge >= 0.3 is 0 Å². The van der Waals surface area contributed by atoms with Gasteiger partial charge in [0.25, 0.3) is 0 Å². The number of fused-ring (bicyclic) bond motifs is 2. The van der Waals surface area contributed by atoms with Crippen molar-refractivity contribution < 1.29 is 0 Å². The van der Waals surface area contributed by atoms with E-state index < -0.39 is 0 Å². The first-order valence-corrected chi connectivity index (χ1v) is 11.0. The molecule has 2 heteroatoms. The molecule has 0 unspecified atom stereocenters. The Bertz CT molecular complexity index is 920. The van der Waals surface area contributed by atoms with Gasteiger partial charge in [-0.2, -0.15) is 0 Å². The lowest BCUT2D eigenvalue weighted by Gasteiger charge is -2.40. The van der Waals surface area contributed by atoms with E-state index in [1.807, 2.05) is 0 Å². The standard InChI is InChI=1S/C27H30N2/c1-21-10-12-22(13-11-21)20-28-16-18-29(19-17-28)27-25-8-4-2-6-23(25)14-15-24-7-3-5-9-26(24)27/h2-13,27H,14-20H2,1H3. The van der Waals surface area contributed by atoms with E-state index in [2.05, 4.69) is 89.5 Å². The fourth-order valence-corrected chi connectivity index (χ4v) is 5.02. The van der Waals surface area contributed by atoms with Crippen LogP contribution in [0.25, 0.3) is 0 Å². The topological polar surface area (TPSA) is 6.48 Å². The van der Waals surface area contributed by atoms with Crippen molar-refractivity contribution in [2.75, 3.05) is 26.2 Å². The molecule has 148 valence electrons. The molecule has 0 spiro atoms. The molecule has 3 aromatic rings. The average molecular weight is 383 g/mol. The van der Waals surface area contributed by atoms with E-state index in [4.69, 9.17) is 0 Å². The second-order valence-corrected chi connectivity index (χ2v) is 8.60. The van der Waals surface area contributed by atoms with Gasteiger partial charge in [0.1, 0.15) is 0 Å². The molecular weight excluding hydrogens is 352 g/mol. The Morgan fingerprint density at radius 2 is 1.24 bits per heavy atom. The summed E-state index contributed by atoms with van der Waals surface area (Å²) in [5.74, 6) is 0. The third-order valence-corrected chi connectivity index (χ3v) is 6.66. The van der Waals surface area contributed by atoms with Crippen molar-refractivity contribution in [1.29, 1.82) is 0 Å². The predicted octanol–water partition coefficient (Wildman–Crippen LogP) is 5.00. The summed E-state index contributed by atoms with van der Waals surface area (Å²) in [4.78, 5) is 5.32. The van der Waals surface area contributed by atoms with E-state index in [1.54, 1.807) is 0 Å². The molecule has 0 bridgehead atoms. The zero-order valence-electron chi connectivity index (χ0n) is 17.3. The van der Waals surface area contributed by atoms with Crippen LogP contribution in [0.15, 0.2) is 72.8 Å². The molecule has 0 N–H and O–H groups in total. The second-order valence-electron chi connectivity index (χ2n) is 8.60. The first-order chi connectivity index (χ1) is 14.3. The van der Waals surface area contributed by atoms with Gasteiger partial charge < -0.3 is 0 Å². The van der Waals surface area contributed by atoms with Gasteiger partial charge in [0.05, 0.1) is 6.04 Å². The molecule has 1 saturated heterocycles. The minimum atomic E-state index is 0.395. The molecule has 1 heterocycles. The van der Waals surface area contributed by atoms with Gasteiger partial charge in [-0.3, -0.25) is 9.80 Å². The number of benzene rings is 3. The Morgan fingerprint density at radius 3 is 1.83 bits per heavy atom. The summed E-state index contributed by atoms with van der Waals surface area (Å²) in [5.41, 5.74) is 8.85. The molecular formula is C27H30N2. The highest BCUT2D eigenvalue weighted by Gasteiger charge is 2.30. The Hall–Kier alpha value is -2.42. The monoisotopic (exact) mass is 382 g/mol. The highest BCUT2D eigenvalue weighted by molar-refractivity contribution is 5.44. The maximum Gasteiger partial charge on any atom is 0.0608 e. The quantitative estimate of drug-likeness (QED) is 0.629. The summed E-state index contributed by atoms with van der Waals surface area (Å²) >= 11 is 0. The van der Waals surface area contributed by atoms with Crippen LogP contribution >= 0.6 is 0 Å². The Morgan fingerprint density at radius 1 is 0.690 bits per heavy atom. The van der Waals surface area contributed by atoms with Gasteiger partial charge in [-0.05, 0) is 47.6 Å². The minimum Gasteiger partial charge on any atom is -0.297 e. The minimum absolute atomic E-state index is 0.395. The van der Waals surface area contributed by atoms with E-state index >= 15 is 0 Å². The van der Waals surface area contributed by atoms with Crippen LogP contribution in [-0.2, 0) is 19.4 Å². The summed E-state index contributed by atoms with van der Waals surface area (Å²) in [7, 11) is 0. The molecule has 5 rings (SSSR count). The van der Waals surface area contributed by atoms with Crippen LogP contribution in [0.5, 0.6) is 0 Å². The molecule has 0 radical (unpaired) electrons. The SMILES string of the molecule is Cc1ccc(CN2CCN(C3c4ccccc4CCc4ccccc43)CC2)cc1. The van der Waals surface area contributed by atoms with Crippen LogP contribution in [0, 0.1) is 6.92 Å². The Kier molecular flexibility index (Phi) is 5.22. The zero-order valence-corrected chi connectivity index (χ0v) is 17.3. The first-order valence-electron chi connectivity index (χ1n) is 11.0. The van der Waals surface area contributed by atoms with E-state index in [9.17, 15) is 0 Å². The van der Waals surface area contributed by atoms with Gasteiger partial charge in [0.2, 0.25) is 0 Å². The highest BCUT2D eigenvalue weighted by atomic mass is 15.3. The number of rotatable bonds is 3. The van der Waals surface area contributed by atoms with Crippen LogP contribution in [0.1, 0.15) is 39.4 Å². The van der Waals surface area contributed by atoms with Gasteiger partial charge in [-0.15, -0.1) is 0 Å². The van der Waals surface area contributed by atoms with Crippen molar-refractivity contribution in [3.8, 4) is 0 Å². The molecule has 2 aliphatic rings. The second kappa shape index (κ2) is 8.14. The van der Waals surface area contributed by atoms with Gasteiger partial charge in [-0.1, -0.05) is 78.4 Å². The van der Waals surface area contributed by atoms with Crippen LogP contribution in [0.3, 0.4) is 0 Å². The number of hydrogen-bond acceptors (Lipinski definition) is 2. The molecule has 2 nitrogen and oxygen atoms in total. The van der Waals surface area contributed by atoms with Crippen molar-refractivity contribution in [1.82, 2.24) is 9.80 Å². The number of hydrogen-bond donors (Lipinski definition) is 0. The van der Waals surface area contributed by atoms with Crippen molar-refractivity contribution in [3.63, 3.8) is 0 Å². The lowest BCUT2D eigenvalue weighted by atomic mass is 9.92. The summed E-state index contributed by atoms with van der Waals surface area (Å²) < 4.78 is 0. The predicted molar refractivity (Wildman–Crippen MR) is 120 cm³/mol. The molecule has 0 atom stereocenters. The summed E-state index contributed by atoms with van der Waals surface area (Å²) in [5, 5.41) is 0. The Labute approximate surface area is 174 Å². The first kappa shape index (κ1) is 18.6. The van der Waals surface area contributed by atoms with Crippen LogP contribution in [0.2, 0.25) is 0 Å². The normalized spacial score (nSPS) is 18.1. The van der Waals surface area contributed by atoms with E-state index in [0.717, 1.165) is 45.6 Å². The van der Waals surface area contributed by atoms with E-state index in [1.165, 1.54) is 33.4 Å². The maximum absolute atomic E-state index is 2.72. The molecule has 1 fully saturated rings. The van der Waals surface area contributed by atoms with Crippen molar-refractivity contribution in [3.05, 3.63) is 106 Å². The van der Waals surface area contributed by atoms with Gasteiger partial charge in [-0.25, -0.2) is 0 Å². The largest absolute Gasteiger partial charge is 0.297 e. The summed E-state index contributed by atoms with van der Waals surface area (Å²) in [6.45, 7) is 7.73. The molecule has 29 heavy (non-hydrogen) atoms. The number of aryl methyl sites for hydroxylation is 3. The van der Waals surface area contributed by atoms with Crippen LogP contribution in [-0.4, -0.2) is 36.0 Å². The summed E-state index contributed by atoms with van der Waals surface area (Å²) in [6, 6.07) is 27.6. The van der Waals surface area contributed by atoms with E-state index in [0.29, 0.717) is 6.04 Å². The molecule has 0 amide bonds. The van der Waals surface area contributed by atoms with Crippen molar-refractivity contribution in [2.24, 2.45) is 0 Å². The lowest BCUT2D eigenvalue weighted by Crippen LogP contribution is -2.47. The highest BCUT2D eigenvalue weighted by Crippen LogP contribution is 2.37. The third-order valence-electron chi connectivity index (χ3n) is 6.66. The average Bonchev–Trinajstić information content (AvgIpc) is 2.93. The molecule has 0 aromatic heterocycles. The fourth-order valence-electron chi connectivity index (χ4n) is 5.02. The third kappa shape index (κ3) is 3.88. The fraction of sp³-hybridized carbons (Fsp3) is 0.333. The summed E-state index contributed by atoms with van der Waals surface area (Å²) in [6.07, 6.45) is 2.30. The van der Waals surface area contributed by atoms with Crippen LogP contribution in [0.4, 0.5) is 0 Å². The van der Waals surface area contributed by atoms with Crippen molar-refractivity contribution >= 4 is 0 Å². The molecule has 1 aliphatic carbocycles. The molecule has 1 aliphatic heterocycles. The maximum atomic E-state index is 2.72. The van der Waals surface area contributed by atoms with Crippen LogP contribution < -0.4 is 0 Å². The molecule has 0 saturated carbocycles.